The zero-order chi connectivity index (χ0) is 23.0. The average Bonchev–Trinajstić information content (AvgIpc) is 3.24. The monoisotopic (exact) mass is 482 g/mol. The number of hydrogen-bond acceptors (Lipinski definition) is 7. The maximum atomic E-state index is 13.2. The van der Waals surface area contributed by atoms with Gasteiger partial charge in [-0.15, -0.1) is 0 Å². The Kier molecular flexibility index (Phi) is 5.69. The summed E-state index contributed by atoms with van der Waals surface area (Å²) in [7, 11) is -3.91. The van der Waals surface area contributed by atoms with Gasteiger partial charge in [-0.05, 0) is 49.4 Å². The fourth-order valence-electron chi connectivity index (χ4n) is 3.96. The Balaban J connectivity index is 1.42. The molecule has 1 fully saturated rings. The highest BCUT2D eigenvalue weighted by atomic mass is 35.5. The number of aromatic nitrogens is 3. The molecule has 33 heavy (non-hydrogen) atoms. The average molecular weight is 483 g/mol. The van der Waals surface area contributed by atoms with Crippen molar-refractivity contribution in [2.75, 3.05) is 29.9 Å². The first-order valence-corrected chi connectivity index (χ1v) is 12.4. The van der Waals surface area contributed by atoms with Crippen molar-refractivity contribution in [1.29, 1.82) is 0 Å². The molecule has 1 atom stereocenters. The van der Waals surface area contributed by atoms with Gasteiger partial charge in [-0.1, -0.05) is 23.7 Å². The minimum atomic E-state index is -3.91. The molecule has 1 saturated heterocycles. The molecule has 0 radical (unpaired) electrons. The van der Waals surface area contributed by atoms with E-state index in [-0.39, 0.29) is 15.6 Å². The Labute approximate surface area is 197 Å². The molecule has 4 aromatic rings. The van der Waals surface area contributed by atoms with Crippen molar-refractivity contribution in [3.63, 3.8) is 0 Å². The zero-order valence-corrected chi connectivity index (χ0v) is 19.5. The number of halogens is 1. The van der Waals surface area contributed by atoms with Crippen LogP contribution in [0.15, 0.2) is 71.9 Å². The van der Waals surface area contributed by atoms with Crippen LogP contribution in [0.1, 0.15) is 6.92 Å². The van der Waals surface area contributed by atoms with E-state index in [1.807, 2.05) is 12.1 Å². The second-order valence-corrected chi connectivity index (χ2v) is 10.2. The lowest BCUT2D eigenvalue weighted by molar-refractivity contribution is 0.485. The first-order valence-electron chi connectivity index (χ1n) is 10.6. The quantitative estimate of drug-likeness (QED) is 0.446. The predicted molar refractivity (Wildman–Crippen MR) is 131 cm³/mol. The summed E-state index contributed by atoms with van der Waals surface area (Å²) in [6.07, 6.45) is 3.06. The highest BCUT2D eigenvalue weighted by Gasteiger charge is 2.22. The third kappa shape index (κ3) is 4.27. The normalized spacial score (nSPS) is 16.8. The van der Waals surface area contributed by atoms with Gasteiger partial charge in [-0.25, -0.2) is 17.4 Å². The van der Waals surface area contributed by atoms with E-state index in [2.05, 4.69) is 44.6 Å². The topological polar surface area (TPSA) is 92.2 Å². The number of benzene rings is 2. The molecule has 0 saturated carbocycles. The molecular formula is C23H23ClN6O2S. The number of fused-ring (bicyclic) bond motifs is 1. The summed E-state index contributed by atoms with van der Waals surface area (Å²) < 4.78 is 27.5. The molecule has 1 aliphatic rings. The summed E-state index contributed by atoms with van der Waals surface area (Å²) in [5, 5.41) is 7.38. The number of hydrogen-bond donors (Lipinski definition) is 2. The molecule has 1 unspecified atom stereocenters. The first-order chi connectivity index (χ1) is 15.9. The molecule has 8 nitrogen and oxygen atoms in total. The number of anilines is 3. The SMILES string of the molecule is CC1CN(c2ccc(Nc3ncc4ccn(S(=O)(=O)c5ccccc5Cl)c4n3)cc2)CCN1. The third-order valence-electron chi connectivity index (χ3n) is 5.63. The van der Waals surface area contributed by atoms with Crippen LogP contribution in [-0.4, -0.2) is 48.0 Å². The van der Waals surface area contributed by atoms with E-state index in [1.165, 1.54) is 12.3 Å². The van der Waals surface area contributed by atoms with Gasteiger partial charge >= 0.3 is 0 Å². The van der Waals surface area contributed by atoms with E-state index in [9.17, 15) is 8.42 Å². The van der Waals surface area contributed by atoms with Crippen LogP contribution >= 0.6 is 11.6 Å². The lowest BCUT2D eigenvalue weighted by Gasteiger charge is -2.33. The summed E-state index contributed by atoms with van der Waals surface area (Å²) in [4.78, 5) is 11.2. The summed E-state index contributed by atoms with van der Waals surface area (Å²) in [5.74, 6) is 0.306. The van der Waals surface area contributed by atoms with Gasteiger partial charge < -0.3 is 15.5 Å². The molecule has 10 heteroatoms. The van der Waals surface area contributed by atoms with Crippen molar-refractivity contribution >= 4 is 50.0 Å². The number of nitrogens with one attached hydrogen (secondary N) is 2. The fraction of sp³-hybridized carbons (Fsp3) is 0.217. The molecular weight excluding hydrogens is 460 g/mol. The van der Waals surface area contributed by atoms with Crippen LogP contribution in [0.5, 0.6) is 0 Å². The largest absolute Gasteiger partial charge is 0.369 e. The Bertz CT molecular complexity index is 1400. The molecule has 2 aromatic heterocycles. The predicted octanol–water partition coefficient (Wildman–Crippen LogP) is 3.86. The summed E-state index contributed by atoms with van der Waals surface area (Å²) in [5.41, 5.74) is 2.25. The lowest BCUT2D eigenvalue weighted by atomic mass is 10.2. The molecule has 5 rings (SSSR count). The van der Waals surface area contributed by atoms with Crippen LogP contribution < -0.4 is 15.5 Å². The van der Waals surface area contributed by atoms with Gasteiger partial charge in [0.1, 0.15) is 4.90 Å². The first kappa shape index (κ1) is 21.7. The number of nitrogens with zero attached hydrogens (tertiary/aromatic N) is 4. The highest BCUT2D eigenvalue weighted by molar-refractivity contribution is 7.90. The van der Waals surface area contributed by atoms with Crippen molar-refractivity contribution in [2.45, 2.75) is 17.9 Å². The molecule has 0 bridgehead atoms. The Morgan fingerprint density at radius 1 is 1.12 bits per heavy atom. The lowest BCUT2D eigenvalue weighted by Crippen LogP contribution is -2.49. The van der Waals surface area contributed by atoms with Crippen molar-refractivity contribution < 1.29 is 8.42 Å². The highest BCUT2D eigenvalue weighted by Crippen LogP contribution is 2.27. The maximum absolute atomic E-state index is 13.2. The minimum Gasteiger partial charge on any atom is -0.369 e. The smallest absolute Gasteiger partial charge is 0.270 e. The molecule has 0 spiro atoms. The van der Waals surface area contributed by atoms with E-state index >= 15 is 0 Å². The van der Waals surface area contributed by atoms with E-state index in [0.29, 0.717) is 17.4 Å². The van der Waals surface area contributed by atoms with E-state index < -0.39 is 10.0 Å². The van der Waals surface area contributed by atoms with Crippen molar-refractivity contribution in [2.24, 2.45) is 0 Å². The van der Waals surface area contributed by atoms with E-state index in [4.69, 9.17) is 11.6 Å². The Morgan fingerprint density at radius 2 is 1.91 bits per heavy atom. The molecule has 2 aromatic carbocycles. The van der Waals surface area contributed by atoms with Crippen molar-refractivity contribution in [3.8, 4) is 0 Å². The van der Waals surface area contributed by atoms with Gasteiger partial charge in [0, 0.05) is 54.8 Å². The summed E-state index contributed by atoms with van der Waals surface area (Å²) in [6.45, 7) is 5.07. The molecule has 0 aliphatic carbocycles. The Morgan fingerprint density at radius 3 is 2.67 bits per heavy atom. The number of piperazine rings is 1. The van der Waals surface area contributed by atoms with E-state index in [1.54, 1.807) is 30.5 Å². The van der Waals surface area contributed by atoms with Gasteiger partial charge in [0.2, 0.25) is 5.95 Å². The minimum absolute atomic E-state index is 0.0232. The molecule has 2 N–H and O–H groups in total. The second-order valence-electron chi connectivity index (χ2n) is 7.99. The fourth-order valence-corrected chi connectivity index (χ4v) is 5.76. The van der Waals surface area contributed by atoms with Gasteiger partial charge in [0.15, 0.2) is 5.65 Å². The molecule has 3 heterocycles. The molecule has 0 amide bonds. The summed E-state index contributed by atoms with van der Waals surface area (Å²) >= 11 is 6.15. The van der Waals surface area contributed by atoms with E-state index in [0.717, 1.165) is 35.0 Å². The van der Waals surface area contributed by atoms with Crippen molar-refractivity contribution in [1.82, 2.24) is 19.3 Å². The van der Waals surface area contributed by atoms with Gasteiger partial charge in [-0.2, -0.15) is 4.98 Å². The third-order valence-corrected chi connectivity index (χ3v) is 7.79. The standard InChI is InChI=1S/C23H23ClN6O2S/c1-16-15-29(13-11-25-16)19-8-6-18(7-9-19)27-23-26-14-17-10-12-30(22(17)28-23)33(31,32)21-5-3-2-4-20(21)24/h2-10,12,14,16,25H,11,13,15H2,1H3,(H,26,27,28). The van der Waals surface area contributed by atoms with Gasteiger partial charge in [0.25, 0.3) is 10.0 Å². The van der Waals surface area contributed by atoms with Gasteiger partial charge in [0.05, 0.1) is 5.02 Å². The van der Waals surface area contributed by atoms with Crippen LogP contribution in [0.25, 0.3) is 11.0 Å². The maximum Gasteiger partial charge on any atom is 0.270 e. The zero-order valence-electron chi connectivity index (χ0n) is 17.9. The Hall–Kier alpha value is -3.14. The van der Waals surface area contributed by atoms with Crippen LogP contribution in [0.2, 0.25) is 5.02 Å². The van der Waals surface area contributed by atoms with Crippen LogP contribution in [0.4, 0.5) is 17.3 Å². The molecule has 1 aliphatic heterocycles. The van der Waals surface area contributed by atoms with Crippen LogP contribution in [-0.2, 0) is 10.0 Å². The van der Waals surface area contributed by atoms with Crippen LogP contribution in [0.3, 0.4) is 0 Å². The van der Waals surface area contributed by atoms with Crippen LogP contribution in [0, 0.1) is 0 Å². The van der Waals surface area contributed by atoms with Crippen molar-refractivity contribution in [3.05, 3.63) is 72.0 Å². The molecule has 170 valence electrons. The summed E-state index contributed by atoms with van der Waals surface area (Å²) in [6, 6.07) is 16.5. The van der Waals surface area contributed by atoms with Gasteiger partial charge in [-0.3, -0.25) is 0 Å². The number of rotatable bonds is 5. The second kappa shape index (κ2) is 8.66.